The standard InChI is InChI=1S/C17H33N/c1-13-6-8-14(9-7-13)18-15-10-16(2,3)12-17(4,5)11-15/h13-15,18H,6-12H2,1-5H3. The van der Waals surface area contributed by atoms with Crippen molar-refractivity contribution in [3.63, 3.8) is 0 Å². The number of rotatable bonds is 2. The van der Waals surface area contributed by atoms with Crippen LogP contribution in [0.4, 0.5) is 0 Å². The highest BCUT2D eigenvalue weighted by molar-refractivity contribution is 4.93. The SMILES string of the molecule is CC1CCC(NC2CC(C)(C)CC(C)(C)C2)CC1. The zero-order valence-corrected chi connectivity index (χ0v) is 13.2. The molecule has 0 heterocycles. The van der Waals surface area contributed by atoms with Crippen molar-refractivity contribution in [1.29, 1.82) is 0 Å². The van der Waals surface area contributed by atoms with Crippen LogP contribution in [0.25, 0.3) is 0 Å². The predicted octanol–water partition coefficient (Wildman–Crippen LogP) is 4.76. The molecule has 2 aliphatic rings. The molecular weight excluding hydrogens is 218 g/mol. The highest BCUT2D eigenvalue weighted by atomic mass is 15.0. The summed E-state index contributed by atoms with van der Waals surface area (Å²) in [6.45, 7) is 12.2. The van der Waals surface area contributed by atoms with Gasteiger partial charge >= 0.3 is 0 Å². The molecule has 0 unspecified atom stereocenters. The van der Waals surface area contributed by atoms with E-state index in [1.54, 1.807) is 0 Å². The van der Waals surface area contributed by atoms with E-state index in [0.29, 0.717) is 10.8 Å². The summed E-state index contributed by atoms with van der Waals surface area (Å²) in [4.78, 5) is 0. The number of nitrogens with one attached hydrogen (secondary N) is 1. The lowest BCUT2D eigenvalue weighted by Gasteiger charge is -2.46. The van der Waals surface area contributed by atoms with Gasteiger partial charge in [0.2, 0.25) is 0 Å². The molecule has 0 bridgehead atoms. The van der Waals surface area contributed by atoms with Gasteiger partial charge in [-0.25, -0.2) is 0 Å². The summed E-state index contributed by atoms with van der Waals surface area (Å²) in [6.07, 6.45) is 9.76. The Morgan fingerprint density at radius 3 is 1.78 bits per heavy atom. The molecule has 0 aromatic rings. The maximum absolute atomic E-state index is 3.99. The monoisotopic (exact) mass is 251 g/mol. The van der Waals surface area contributed by atoms with E-state index < -0.39 is 0 Å². The molecule has 0 atom stereocenters. The van der Waals surface area contributed by atoms with E-state index in [4.69, 9.17) is 0 Å². The Morgan fingerprint density at radius 2 is 1.28 bits per heavy atom. The lowest BCUT2D eigenvalue weighted by atomic mass is 9.63. The second-order valence-corrected chi connectivity index (χ2v) is 8.73. The van der Waals surface area contributed by atoms with Crippen molar-refractivity contribution in [2.24, 2.45) is 16.7 Å². The predicted molar refractivity (Wildman–Crippen MR) is 79.8 cm³/mol. The van der Waals surface area contributed by atoms with Gasteiger partial charge in [-0.15, -0.1) is 0 Å². The number of hydrogen-bond acceptors (Lipinski definition) is 1. The molecule has 0 saturated heterocycles. The third-order valence-electron chi connectivity index (χ3n) is 5.04. The minimum Gasteiger partial charge on any atom is -0.311 e. The van der Waals surface area contributed by atoms with Crippen molar-refractivity contribution in [2.75, 3.05) is 0 Å². The smallest absolute Gasteiger partial charge is 0.00798 e. The van der Waals surface area contributed by atoms with Gasteiger partial charge in [-0.2, -0.15) is 0 Å². The van der Waals surface area contributed by atoms with Crippen LogP contribution in [0.2, 0.25) is 0 Å². The summed E-state index contributed by atoms with van der Waals surface area (Å²) in [5.74, 6) is 0.960. The summed E-state index contributed by atoms with van der Waals surface area (Å²) in [5.41, 5.74) is 1.03. The Morgan fingerprint density at radius 1 is 0.778 bits per heavy atom. The molecule has 1 nitrogen and oxygen atoms in total. The van der Waals surface area contributed by atoms with E-state index in [0.717, 1.165) is 18.0 Å². The van der Waals surface area contributed by atoms with Gasteiger partial charge < -0.3 is 5.32 Å². The first kappa shape index (κ1) is 14.4. The minimum atomic E-state index is 0.515. The van der Waals surface area contributed by atoms with Gasteiger partial charge in [0, 0.05) is 12.1 Å². The van der Waals surface area contributed by atoms with Crippen molar-refractivity contribution in [2.45, 2.75) is 91.6 Å². The fourth-order valence-electron chi connectivity index (χ4n) is 4.72. The van der Waals surface area contributed by atoms with E-state index in [1.165, 1.54) is 44.9 Å². The largest absolute Gasteiger partial charge is 0.311 e. The molecule has 0 radical (unpaired) electrons. The van der Waals surface area contributed by atoms with Gasteiger partial charge in [0.1, 0.15) is 0 Å². The van der Waals surface area contributed by atoms with Crippen LogP contribution < -0.4 is 5.32 Å². The third-order valence-corrected chi connectivity index (χ3v) is 5.04. The fourth-order valence-corrected chi connectivity index (χ4v) is 4.72. The summed E-state index contributed by atoms with van der Waals surface area (Å²) in [5, 5.41) is 3.99. The summed E-state index contributed by atoms with van der Waals surface area (Å²) in [7, 11) is 0. The van der Waals surface area contributed by atoms with E-state index in [2.05, 4.69) is 39.9 Å². The van der Waals surface area contributed by atoms with Gasteiger partial charge in [0.15, 0.2) is 0 Å². The summed E-state index contributed by atoms with van der Waals surface area (Å²) in [6, 6.07) is 1.55. The maximum atomic E-state index is 3.99. The fraction of sp³-hybridized carbons (Fsp3) is 1.00. The van der Waals surface area contributed by atoms with Crippen molar-refractivity contribution < 1.29 is 0 Å². The van der Waals surface area contributed by atoms with E-state index >= 15 is 0 Å². The Labute approximate surface area is 114 Å². The lowest BCUT2D eigenvalue weighted by Crippen LogP contribution is -2.48. The van der Waals surface area contributed by atoms with Crippen LogP contribution in [0.15, 0.2) is 0 Å². The first-order valence-electron chi connectivity index (χ1n) is 8.02. The van der Waals surface area contributed by atoms with Crippen LogP contribution in [0, 0.1) is 16.7 Å². The van der Waals surface area contributed by atoms with Crippen molar-refractivity contribution >= 4 is 0 Å². The van der Waals surface area contributed by atoms with Gasteiger partial charge in [-0.1, -0.05) is 34.6 Å². The zero-order valence-electron chi connectivity index (χ0n) is 13.2. The summed E-state index contributed by atoms with van der Waals surface area (Å²) >= 11 is 0. The molecular formula is C17H33N. The average Bonchev–Trinajstić information content (AvgIpc) is 2.16. The van der Waals surface area contributed by atoms with Gasteiger partial charge in [0.05, 0.1) is 0 Å². The Balaban J connectivity index is 1.89. The second kappa shape index (κ2) is 5.15. The molecule has 0 aliphatic heterocycles. The molecule has 0 aromatic carbocycles. The number of hydrogen-bond donors (Lipinski definition) is 1. The highest BCUT2D eigenvalue weighted by Crippen LogP contribution is 2.46. The normalized spacial score (nSPS) is 36.5. The van der Waals surface area contributed by atoms with E-state index in [1.807, 2.05) is 0 Å². The van der Waals surface area contributed by atoms with Gasteiger partial charge in [0.25, 0.3) is 0 Å². The van der Waals surface area contributed by atoms with Crippen molar-refractivity contribution in [3.8, 4) is 0 Å². The molecule has 2 rings (SSSR count). The van der Waals surface area contributed by atoms with Gasteiger partial charge in [-0.05, 0) is 61.7 Å². The molecule has 2 fully saturated rings. The van der Waals surface area contributed by atoms with E-state index in [-0.39, 0.29) is 0 Å². The Kier molecular flexibility index (Phi) is 4.11. The van der Waals surface area contributed by atoms with Crippen LogP contribution in [-0.4, -0.2) is 12.1 Å². The molecule has 2 saturated carbocycles. The first-order valence-corrected chi connectivity index (χ1v) is 8.02. The van der Waals surface area contributed by atoms with Crippen molar-refractivity contribution in [3.05, 3.63) is 0 Å². The Hall–Kier alpha value is -0.0400. The lowest BCUT2D eigenvalue weighted by molar-refractivity contribution is 0.0764. The van der Waals surface area contributed by atoms with Crippen LogP contribution in [0.3, 0.4) is 0 Å². The van der Waals surface area contributed by atoms with Crippen LogP contribution in [0.5, 0.6) is 0 Å². The van der Waals surface area contributed by atoms with Crippen molar-refractivity contribution in [1.82, 2.24) is 5.32 Å². The molecule has 1 N–H and O–H groups in total. The molecule has 1 heteroatoms. The Bertz CT molecular complexity index is 255. The van der Waals surface area contributed by atoms with E-state index in [9.17, 15) is 0 Å². The van der Waals surface area contributed by atoms with Crippen LogP contribution in [0.1, 0.15) is 79.6 Å². The molecule has 0 spiro atoms. The topological polar surface area (TPSA) is 12.0 Å². The molecule has 18 heavy (non-hydrogen) atoms. The first-order chi connectivity index (χ1) is 8.26. The molecule has 2 aliphatic carbocycles. The molecule has 0 amide bonds. The molecule has 0 aromatic heterocycles. The zero-order chi connectivity index (χ0) is 13.4. The van der Waals surface area contributed by atoms with Gasteiger partial charge in [-0.3, -0.25) is 0 Å². The van der Waals surface area contributed by atoms with Crippen LogP contribution in [-0.2, 0) is 0 Å². The third kappa shape index (κ3) is 3.98. The quantitative estimate of drug-likeness (QED) is 0.746. The van der Waals surface area contributed by atoms with Crippen LogP contribution >= 0.6 is 0 Å². The minimum absolute atomic E-state index is 0.515. The second-order valence-electron chi connectivity index (χ2n) is 8.73. The molecule has 106 valence electrons. The average molecular weight is 251 g/mol. The highest BCUT2D eigenvalue weighted by Gasteiger charge is 2.39. The summed E-state index contributed by atoms with van der Waals surface area (Å²) < 4.78 is 0. The maximum Gasteiger partial charge on any atom is 0.00798 e.